The van der Waals surface area contributed by atoms with E-state index in [0.29, 0.717) is 17.1 Å². The van der Waals surface area contributed by atoms with Gasteiger partial charge in [0.15, 0.2) is 5.82 Å². The zero-order valence-corrected chi connectivity index (χ0v) is 12.2. The van der Waals surface area contributed by atoms with Gasteiger partial charge in [-0.2, -0.15) is 0 Å². The van der Waals surface area contributed by atoms with Crippen molar-refractivity contribution in [3.05, 3.63) is 59.5 Å². The Balaban J connectivity index is 2.17. The van der Waals surface area contributed by atoms with Gasteiger partial charge in [-0.1, -0.05) is 17.7 Å². The number of rotatable bonds is 3. The van der Waals surface area contributed by atoms with Gasteiger partial charge in [0, 0.05) is 22.8 Å². The molecule has 23 heavy (non-hydrogen) atoms. The largest absolute Gasteiger partial charge is 0.512 e. The summed E-state index contributed by atoms with van der Waals surface area (Å²) in [5, 5.41) is 13.0. The number of hydrogen-bond acceptors (Lipinski definition) is 4. The van der Waals surface area contributed by atoms with Crippen molar-refractivity contribution in [2.75, 3.05) is 0 Å². The number of carbonyl (C=O) groups is 1. The average molecular weight is 334 g/mol. The van der Waals surface area contributed by atoms with Crippen LogP contribution in [0.1, 0.15) is 0 Å². The van der Waals surface area contributed by atoms with Crippen molar-refractivity contribution in [3.63, 3.8) is 0 Å². The Kier molecular flexibility index (Phi) is 3.94. The molecule has 8 heteroatoms. The van der Waals surface area contributed by atoms with E-state index in [4.69, 9.17) is 16.7 Å². The first-order valence-corrected chi connectivity index (χ1v) is 6.79. The Hall–Kier alpha value is -2.93. The Morgan fingerprint density at radius 3 is 2.74 bits per heavy atom. The third kappa shape index (κ3) is 3.29. The van der Waals surface area contributed by atoms with Crippen LogP contribution in [0, 0.1) is 5.82 Å². The summed E-state index contributed by atoms with van der Waals surface area (Å²) in [4.78, 5) is 14.8. The highest BCUT2D eigenvalue weighted by Crippen LogP contribution is 2.29. The molecule has 6 nitrogen and oxygen atoms in total. The van der Waals surface area contributed by atoms with Gasteiger partial charge in [0.05, 0.1) is 5.69 Å². The predicted octanol–water partition coefficient (Wildman–Crippen LogP) is 3.78. The highest BCUT2D eigenvalue weighted by Gasteiger charge is 2.16. The minimum atomic E-state index is -1.50. The normalized spacial score (nSPS) is 10.5. The molecule has 0 aliphatic heterocycles. The standard InChI is InChI=1S/C15H9ClFN3O3/c16-10-5-9(6-11(17)7-10)12-8-14(23-15(21)22)19-20(12)13-3-1-2-4-18-13/h1-8H,(H,21,22). The minimum Gasteiger partial charge on any atom is -0.449 e. The highest BCUT2D eigenvalue weighted by molar-refractivity contribution is 6.30. The SMILES string of the molecule is O=C(O)Oc1cc(-c2cc(F)cc(Cl)c2)n(-c2ccccn2)n1. The maximum absolute atomic E-state index is 13.6. The van der Waals surface area contributed by atoms with Gasteiger partial charge in [-0.15, -0.1) is 5.10 Å². The van der Waals surface area contributed by atoms with Gasteiger partial charge in [-0.05, 0) is 30.3 Å². The lowest BCUT2D eigenvalue weighted by atomic mass is 10.1. The Morgan fingerprint density at radius 2 is 2.09 bits per heavy atom. The molecule has 0 bridgehead atoms. The number of nitrogens with zero attached hydrogens (tertiary/aromatic N) is 3. The summed E-state index contributed by atoms with van der Waals surface area (Å²) in [6.07, 6.45) is 0.0522. The zero-order chi connectivity index (χ0) is 16.4. The molecule has 0 aliphatic rings. The quantitative estimate of drug-likeness (QED) is 0.738. The molecule has 2 heterocycles. The molecule has 0 spiro atoms. The number of pyridine rings is 1. The number of aromatic nitrogens is 3. The Bertz CT molecular complexity index is 847. The fourth-order valence-electron chi connectivity index (χ4n) is 2.06. The van der Waals surface area contributed by atoms with Gasteiger partial charge in [-0.25, -0.2) is 18.9 Å². The monoisotopic (exact) mass is 333 g/mol. The topological polar surface area (TPSA) is 77.2 Å². The number of halogens is 2. The van der Waals surface area contributed by atoms with Crippen molar-refractivity contribution in [3.8, 4) is 23.0 Å². The summed E-state index contributed by atoms with van der Waals surface area (Å²) < 4.78 is 19.5. The van der Waals surface area contributed by atoms with E-state index in [0.717, 1.165) is 0 Å². The summed E-state index contributed by atoms with van der Waals surface area (Å²) in [5.41, 5.74) is 0.801. The van der Waals surface area contributed by atoms with E-state index in [1.165, 1.54) is 28.9 Å². The van der Waals surface area contributed by atoms with Gasteiger partial charge in [0.2, 0.25) is 5.88 Å². The fraction of sp³-hybridized carbons (Fsp3) is 0. The van der Waals surface area contributed by atoms with Crippen LogP contribution in [0.15, 0.2) is 48.7 Å². The summed E-state index contributed by atoms with van der Waals surface area (Å²) >= 11 is 5.88. The van der Waals surface area contributed by atoms with Crippen molar-refractivity contribution in [1.29, 1.82) is 0 Å². The van der Waals surface area contributed by atoms with Crippen LogP contribution in [-0.2, 0) is 0 Å². The number of carboxylic acid groups (broad SMARTS) is 1. The third-order valence-electron chi connectivity index (χ3n) is 2.90. The van der Waals surface area contributed by atoms with Crippen molar-refractivity contribution >= 4 is 17.8 Å². The Labute approximate surface area is 134 Å². The van der Waals surface area contributed by atoms with E-state index in [1.807, 2.05) is 0 Å². The van der Waals surface area contributed by atoms with Crippen LogP contribution in [0.25, 0.3) is 17.1 Å². The molecule has 3 aromatic rings. The van der Waals surface area contributed by atoms with Gasteiger partial charge >= 0.3 is 6.16 Å². The first-order chi connectivity index (χ1) is 11.0. The number of benzene rings is 1. The first-order valence-electron chi connectivity index (χ1n) is 6.41. The van der Waals surface area contributed by atoms with E-state index in [2.05, 4.69) is 14.8 Å². The van der Waals surface area contributed by atoms with Crippen molar-refractivity contribution in [1.82, 2.24) is 14.8 Å². The van der Waals surface area contributed by atoms with Crippen LogP contribution in [0.5, 0.6) is 5.88 Å². The predicted molar refractivity (Wildman–Crippen MR) is 80.4 cm³/mol. The van der Waals surface area contributed by atoms with E-state index >= 15 is 0 Å². The van der Waals surface area contributed by atoms with E-state index in [9.17, 15) is 9.18 Å². The molecular formula is C15H9ClFN3O3. The molecule has 0 atom stereocenters. The molecule has 1 aromatic carbocycles. The van der Waals surface area contributed by atoms with E-state index in [1.54, 1.807) is 24.4 Å². The van der Waals surface area contributed by atoms with Crippen LogP contribution < -0.4 is 4.74 Å². The summed E-state index contributed by atoms with van der Waals surface area (Å²) in [6, 6.07) is 10.5. The number of hydrogen-bond donors (Lipinski definition) is 1. The van der Waals surface area contributed by atoms with E-state index in [-0.39, 0.29) is 10.9 Å². The van der Waals surface area contributed by atoms with Crippen molar-refractivity contribution < 1.29 is 19.0 Å². The molecule has 0 fully saturated rings. The molecule has 1 N–H and O–H groups in total. The lowest BCUT2D eigenvalue weighted by Crippen LogP contribution is -2.05. The molecule has 2 aromatic heterocycles. The first kappa shape index (κ1) is 15.0. The smallest absolute Gasteiger partial charge is 0.449 e. The lowest BCUT2D eigenvalue weighted by Gasteiger charge is -2.06. The fourth-order valence-corrected chi connectivity index (χ4v) is 2.28. The van der Waals surface area contributed by atoms with Gasteiger partial charge in [0.1, 0.15) is 5.82 Å². The molecule has 0 amide bonds. The maximum Gasteiger partial charge on any atom is 0.512 e. The van der Waals surface area contributed by atoms with Crippen LogP contribution >= 0.6 is 11.6 Å². The second-order valence-electron chi connectivity index (χ2n) is 4.49. The lowest BCUT2D eigenvalue weighted by molar-refractivity contribution is 0.142. The molecule has 0 aliphatic carbocycles. The van der Waals surface area contributed by atoms with Gasteiger partial charge in [-0.3, -0.25) is 0 Å². The second kappa shape index (κ2) is 6.05. The van der Waals surface area contributed by atoms with Crippen LogP contribution in [-0.4, -0.2) is 26.0 Å². The average Bonchev–Trinajstić information content (AvgIpc) is 2.90. The molecule has 0 saturated heterocycles. The maximum atomic E-state index is 13.6. The molecule has 0 unspecified atom stereocenters. The van der Waals surface area contributed by atoms with Gasteiger partial charge in [0.25, 0.3) is 0 Å². The Morgan fingerprint density at radius 1 is 1.26 bits per heavy atom. The third-order valence-corrected chi connectivity index (χ3v) is 3.12. The van der Waals surface area contributed by atoms with Crippen molar-refractivity contribution in [2.45, 2.75) is 0 Å². The molecule has 116 valence electrons. The van der Waals surface area contributed by atoms with Crippen LogP contribution in [0.3, 0.4) is 0 Å². The van der Waals surface area contributed by atoms with Crippen molar-refractivity contribution in [2.24, 2.45) is 0 Å². The van der Waals surface area contributed by atoms with Gasteiger partial charge < -0.3 is 9.84 Å². The second-order valence-corrected chi connectivity index (χ2v) is 4.93. The molecule has 3 rings (SSSR count). The molecular weight excluding hydrogens is 325 g/mol. The summed E-state index contributed by atoms with van der Waals surface area (Å²) in [5.74, 6) is -0.261. The number of ether oxygens (including phenoxy) is 1. The molecule has 0 saturated carbocycles. The van der Waals surface area contributed by atoms with Crippen LogP contribution in [0.4, 0.5) is 9.18 Å². The molecule has 0 radical (unpaired) electrons. The van der Waals surface area contributed by atoms with E-state index < -0.39 is 12.0 Å². The zero-order valence-electron chi connectivity index (χ0n) is 11.5. The minimum absolute atomic E-state index is 0.154. The van der Waals surface area contributed by atoms with Crippen LogP contribution in [0.2, 0.25) is 5.02 Å². The summed E-state index contributed by atoms with van der Waals surface area (Å²) in [7, 11) is 0. The highest BCUT2D eigenvalue weighted by atomic mass is 35.5. The summed E-state index contributed by atoms with van der Waals surface area (Å²) in [6.45, 7) is 0.